The van der Waals surface area contributed by atoms with Crippen molar-refractivity contribution in [2.75, 3.05) is 0 Å². The van der Waals surface area contributed by atoms with Crippen LogP contribution in [0, 0.1) is 38.1 Å². The fourth-order valence-corrected chi connectivity index (χ4v) is 9.94. The number of benzene rings is 1. The molecule has 0 saturated heterocycles. The molecule has 5 rings (SSSR count). The van der Waals surface area contributed by atoms with E-state index in [-0.39, 0.29) is 35.6 Å². The quantitative estimate of drug-likeness (QED) is 0.332. The average Bonchev–Trinajstić information content (AvgIpc) is 3.06. The van der Waals surface area contributed by atoms with Crippen LogP contribution in [0.1, 0.15) is 84.6 Å². The molecule has 4 aliphatic rings. The fourth-order valence-electron chi connectivity index (χ4n) is 9.33. The largest absolute Gasteiger partial charge is 0.463 e. The zero-order chi connectivity index (χ0) is 27.5. The summed E-state index contributed by atoms with van der Waals surface area (Å²) in [6.07, 6.45) is 6.51. The van der Waals surface area contributed by atoms with Crippen molar-refractivity contribution in [3.05, 3.63) is 33.4 Å². The number of esters is 2. The van der Waals surface area contributed by atoms with Crippen molar-refractivity contribution < 1.29 is 29.0 Å². The molecule has 208 valence electrons. The van der Waals surface area contributed by atoms with E-state index in [1.807, 2.05) is 24.3 Å². The van der Waals surface area contributed by atoms with Gasteiger partial charge < -0.3 is 14.6 Å². The topological polar surface area (TPSA) is 89.9 Å². The van der Waals surface area contributed by atoms with Crippen LogP contribution in [-0.2, 0) is 30.3 Å². The number of Topliss-reactive ketones (excluding diaryl/α,β-unsaturated/α-hetero) is 1. The SMILES string of the molecule is CC(=O)OC1CCC2(C)C(CCC3C2CCC2(C)C3CC(OC(=O)Cc3cccc(I)c3)C2(O)C(C)=O)C1. The first-order chi connectivity index (χ1) is 17.9. The molecule has 0 aliphatic heterocycles. The molecule has 0 spiro atoms. The lowest BCUT2D eigenvalue weighted by atomic mass is 9.44. The number of ether oxygens (including phenoxy) is 2. The highest BCUT2D eigenvalue weighted by atomic mass is 127. The summed E-state index contributed by atoms with van der Waals surface area (Å²) in [5, 5.41) is 12.1. The third kappa shape index (κ3) is 4.53. The van der Waals surface area contributed by atoms with Crippen LogP contribution in [0.15, 0.2) is 24.3 Å². The number of hydrogen-bond donors (Lipinski definition) is 1. The monoisotopic (exact) mass is 636 g/mol. The van der Waals surface area contributed by atoms with Crippen LogP contribution < -0.4 is 0 Å². The summed E-state index contributed by atoms with van der Waals surface area (Å²) in [6.45, 7) is 7.43. The van der Waals surface area contributed by atoms with Crippen LogP contribution >= 0.6 is 22.6 Å². The number of aliphatic hydroxyl groups is 1. The Hall–Kier alpha value is -1.48. The van der Waals surface area contributed by atoms with Gasteiger partial charge in [-0.05, 0) is 128 Å². The Morgan fingerprint density at radius 3 is 2.45 bits per heavy atom. The molecule has 9 atom stereocenters. The summed E-state index contributed by atoms with van der Waals surface area (Å²) < 4.78 is 12.6. The molecule has 6 nitrogen and oxygen atoms in total. The van der Waals surface area contributed by atoms with Gasteiger partial charge in [-0.25, -0.2) is 0 Å². The number of rotatable bonds is 5. The second kappa shape index (κ2) is 10.2. The molecule has 7 heteroatoms. The normalized spacial score (nSPS) is 41.8. The predicted octanol–water partition coefficient (Wildman–Crippen LogP) is 5.65. The van der Waals surface area contributed by atoms with E-state index in [4.69, 9.17) is 9.47 Å². The minimum Gasteiger partial charge on any atom is -0.463 e. The van der Waals surface area contributed by atoms with E-state index in [9.17, 15) is 19.5 Å². The van der Waals surface area contributed by atoms with Gasteiger partial charge in [0.25, 0.3) is 0 Å². The molecule has 1 N–H and O–H groups in total. The van der Waals surface area contributed by atoms with Gasteiger partial charge in [0.05, 0.1) is 6.42 Å². The number of ketones is 1. The maximum Gasteiger partial charge on any atom is 0.310 e. The predicted molar refractivity (Wildman–Crippen MR) is 151 cm³/mol. The molecule has 0 bridgehead atoms. The third-order valence-electron chi connectivity index (χ3n) is 11.2. The maximum atomic E-state index is 13.1. The molecule has 4 saturated carbocycles. The molecule has 4 aliphatic carbocycles. The summed E-state index contributed by atoms with van der Waals surface area (Å²) in [6, 6.07) is 7.74. The Kier molecular flexibility index (Phi) is 7.51. The van der Waals surface area contributed by atoms with E-state index < -0.39 is 23.1 Å². The second-order valence-corrected chi connectivity index (χ2v) is 14.2. The van der Waals surface area contributed by atoms with E-state index in [0.717, 1.165) is 54.1 Å². The Morgan fingerprint density at radius 1 is 1.00 bits per heavy atom. The van der Waals surface area contributed by atoms with Crippen LogP contribution in [0.3, 0.4) is 0 Å². The summed E-state index contributed by atoms with van der Waals surface area (Å²) in [7, 11) is 0. The van der Waals surface area contributed by atoms with Crippen LogP contribution in [-0.4, -0.2) is 40.6 Å². The number of fused-ring (bicyclic) bond motifs is 5. The highest BCUT2D eigenvalue weighted by Gasteiger charge is 2.70. The smallest absolute Gasteiger partial charge is 0.310 e. The summed E-state index contributed by atoms with van der Waals surface area (Å²) in [4.78, 5) is 37.7. The highest BCUT2D eigenvalue weighted by Crippen LogP contribution is 2.68. The lowest BCUT2D eigenvalue weighted by Crippen LogP contribution is -2.61. The first-order valence-electron chi connectivity index (χ1n) is 14.2. The lowest BCUT2D eigenvalue weighted by Gasteiger charge is -2.61. The van der Waals surface area contributed by atoms with Crippen molar-refractivity contribution in [3.8, 4) is 0 Å². The van der Waals surface area contributed by atoms with E-state index in [2.05, 4.69) is 36.4 Å². The molecule has 0 amide bonds. The Bertz CT molecular complexity index is 1120. The molecule has 0 heterocycles. The molecular formula is C31H41IO6. The Morgan fingerprint density at radius 2 is 1.76 bits per heavy atom. The number of halogens is 1. The van der Waals surface area contributed by atoms with Gasteiger partial charge in [-0.15, -0.1) is 0 Å². The lowest BCUT2D eigenvalue weighted by molar-refractivity contribution is -0.191. The summed E-state index contributed by atoms with van der Waals surface area (Å²) in [5.41, 5.74) is -1.26. The van der Waals surface area contributed by atoms with Crippen LogP contribution in [0.4, 0.5) is 0 Å². The Labute approximate surface area is 239 Å². The number of carbonyl (C=O) groups is 3. The summed E-state index contributed by atoms with van der Waals surface area (Å²) >= 11 is 2.22. The summed E-state index contributed by atoms with van der Waals surface area (Å²) in [5.74, 6) is 0.624. The molecule has 4 fully saturated rings. The van der Waals surface area contributed by atoms with Crippen molar-refractivity contribution in [2.24, 2.45) is 34.5 Å². The van der Waals surface area contributed by atoms with Gasteiger partial charge in [0.1, 0.15) is 12.2 Å². The van der Waals surface area contributed by atoms with E-state index in [1.54, 1.807) is 0 Å². The van der Waals surface area contributed by atoms with E-state index in [1.165, 1.54) is 13.8 Å². The van der Waals surface area contributed by atoms with Gasteiger partial charge in [-0.3, -0.25) is 14.4 Å². The van der Waals surface area contributed by atoms with Gasteiger partial charge in [-0.2, -0.15) is 0 Å². The number of carbonyl (C=O) groups excluding carboxylic acids is 3. The van der Waals surface area contributed by atoms with Gasteiger partial charge in [0.15, 0.2) is 11.4 Å². The van der Waals surface area contributed by atoms with Gasteiger partial charge >= 0.3 is 11.9 Å². The zero-order valence-electron chi connectivity index (χ0n) is 23.0. The Balaban J connectivity index is 1.37. The van der Waals surface area contributed by atoms with Gasteiger partial charge in [0.2, 0.25) is 0 Å². The molecule has 1 aromatic carbocycles. The van der Waals surface area contributed by atoms with Crippen molar-refractivity contribution in [1.82, 2.24) is 0 Å². The molecule has 0 aromatic heterocycles. The van der Waals surface area contributed by atoms with Gasteiger partial charge in [0, 0.05) is 15.9 Å². The first kappa shape index (κ1) is 28.1. The molecule has 1 aromatic rings. The van der Waals surface area contributed by atoms with E-state index in [0.29, 0.717) is 24.2 Å². The highest BCUT2D eigenvalue weighted by molar-refractivity contribution is 14.1. The minimum absolute atomic E-state index is 0.0157. The standard InChI is InChI=1S/C31H41IO6/c1-18(33)31(36)27(38-28(35)15-20-6-5-7-22(32)14-20)17-26-24-9-8-21-16-23(37-19(2)34)10-12-29(21,3)25(24)11-13-30(26,31)4/h5-7,14,21,23-27,36H,8-13,15-17H2,1-4H3. The molecule has 38 heavy (non-hydrogen) atoms. The average molecular weight is 637 g/mol. The second-order valence-electron chi connectivity index (χ2n) is 13.0. The number of hydrogen-bond acceptors (Lipinski definition) is 6. The minimum atomic E-state index is -1.67. The van der Waals surface area contributed by atoms with Crippen LogP contribution in [0.2, 0.25) is 0 Å². The molecule has 0 radical (unpaired) electrons. The van der Waals surface area contributed by atoms with E-state index >= 15 is 0 Å². The molecular weight excluding hydrogens is 595 g/mol. The molecule has 9 unspecified atom stereocenters. The van der Waals surface area contributed by atoms with Crippen LogP contribution in [0.5, 0.6) is 0 Å². The van der Waals surface area contributed by atoms with Crippen molar-refractivity contribution in [3.63, 3.8) is 0 Å². The third-order valence-corrected chi connectivity index (χ3v) is 11.9. The first-order valence-corrected chi connectivity index (χ1v) is 15.3. The van der Waals surface area contributed by atoms with Gasteiger partial charge in [-0.1, -0.05) is 26.0 Å². The zero-order valence-corrected chi connectivity index (χ0v) is 25.2. The van der Waals surface area contributed by atoms with Crippen molar-refractivity contribution in [1.29, 1.82) is 0 Å². The fraction of sp³-hybridized carbons (Fsp3) is 0.710. The van der Waals surface area contributed by atoms with Crippen LogP contribution in [0.25, 0.3) is 0 Å². The van der Waals surface area contributed by atoms with Crippen molar-refractivity contribution >= 4 is 40.3 Å². The van der Waals surface area contributed by atoms with Crippen molar-refractivity contribution in [2.45, 2.75) is 103 Å². The maximum absolute atomic E-state index is 13.1.